The first-order valence-corrected chi connectivity index (χ1v) is 7.60. The summed E-state index contributed by atoms with van der Waals surface area (Å²) in [5, 5.41) is 10.9. The first-order chi connectivity index (χ1) is 8.58. The van der Waals surface area contributed by atoms with Crippen molar-refractivity contribution in [2.45, 2.75) is 48.2 Å². The van der Waals surface area contributed by atoms with Gasteiger partial charge in [-0.15, -0.1) is 0 Å². The van der Waals surface area contributed by atoms with Crippen LogP contribution in [0.25, 0.3) is 0 Å². The molecule has 2 atom stereocenters. The van der Waals surface area contributed by atoms with Gasteiger partial charge in [-0.2, -0.15) is 0 Å². The van der Waals surface area contributed by atoms with Gasteiger partial charge in [-0.25, -0.2) is 4.39 Å². The molecule has 0 radical (unpaired) electrons. The number of nitrogens with zero attached hydrogens (tertiary/aromatic N) is 1. The molecule has 0 amide bonds. The molecule has 98 valence electrons. The van der Waals surface area contributed by atoms with Crippen LogP contribution in [0, 0.1) is 5.82 Å². The number of fused-ring (bicyclic) bond motifs is 2. The van der Waals surface area contributed by atoms with Crippen LogP contribution in [-0.4, -0.2) is 24.8 Å². The molecule has 2 bridgehead atoms. The molecule has 2 fully saturated rings. The second-order valence-corrected chi connectivity index (χ2v) is 7.30. The Morgan fingerprint density at radius 3 is 2.56 bits per heavy atom. The van der Waals surface area contributed by atoms with Gasteiger partial charge in [0.15, 0.2) is 0 Å². The lowest BCUT2D eigenvalue weighted by Crippen LogP contribution is -2.47. The average molecular weight is 269 g/mol. The predicted molar refractivity (Wildman–Crippen MR) is 66.9 cm³/mol. The van der Waals surface area contributed by atoms with E-state index in [1.54, 1.807) is 6.07 Å². The summed E-state index contributed by atoms with van der Waals surface area (Å²) in [4.78, 5) is 4.00. The molecular weight excluding hydrogens is 253 g/mol. The molecule has 0 spiro atoms. The Kier molecular flexibility index (Phi) is 2.98. The molecule has 0 aromatic carbocycles. The van der Waals surface area contributed by atoms with Crippen LogP contribution in [0.5, 0.6) is 0 Å². The molecule has 2 aliphatic heterocycles. The van der Waals surface area contributed by atoms with Gasteiger partial charge in [0.05, 0.1) is 11.9 Å². The van der Waals surface area contributed by atoms with Crippen LogP contribution >= 0.6 is 0 Å². The molecule has 2 aliphatic rings. The van der Waals surface area contributed by atoms with E-state index in [4.69, 9.17) is 0 Å². The van der Waals surface area contributed by atoms with Gasteiger partial charge in [-0.1, -0.05) is 6.42 Å². The minimum atomic E-state index is -1.03. The molecular formula is C13H16FNO2S. The Morgan fingerprint density at radius 1 is 1.33 bits per heavy atom. The van der Waals surface area contributed by atoms with Crippen molar-refractivity contribution >= 4 is 10.8 Å². The van der Waals surface area contributed by atoms with E-state index >= 15 is 0 Å². The molecule has 0 saturated carbocycles. The topological polar surface area (TPSA) is 50.2 Å². The second kappa shape index (κ2) is 4.38. The van der Waals surface area contributed by atoms with Crippen molar-refractivity contribution in [3.63, 3.8) is 0 Å². The molecule has 3 rings (SSSR count). The minimum Gasteiger partial charge on any atom is -0.383 e. The third kappa shape index (κ3) is 1.99. The van der Waals surface area contributed by atoms with Crippen molar-refractivity contribution < 1.29 is 13.7 Å². The second-order valence-electron chi connectivity index (χ2n) is 5.30. The zero-order valence-electron chi connectivity index (χ0n) is 10.0. The van der Waals surface area contributed by atoms with Crippen molar-refractivity contribution in [2.75, 3.05) is 0 Å². The van der Waals surface area contributed by atoms with E-state index < -0.39 is 22.2 Å². The van der Waals surface area contributed by atoms with Crippen molar-refractivity contribution in [1.82, 2.24) is 4.98 Å². The fraction of sp³-hybridized carbons (Fsp3) is 0.615. The monoisotopic (exact) mass is 269 g/mol. The van der Waals surface area contributed by atoms with Gasteiger partial charge >= 0.3 is 0 Å². The third-order valence-electron chi connectivity index (χ3n) is 4.04. The number of halogens is 1. The predicted octanol–water partition coefficient (Wildman–Crippen LogP) is 1.87. The summed E-state index contributed by atoms with van der Waals surface area (Å²) in [5.41, 5.74) is -0.519. The van der Waals surface area contributed by atoms with Crippen LogP contribution in [0.3, 0.4) is 0 Å². The van der Waals surface area contributed by atoms with Crippen LogP contribution in [0.15, 0.2) is 18.3 Å². The summed E-state index contributed by atoms with van der Waals surface area (Å²) in [6.07, 6.45) is 5.01. The smallest absolute Gasteiger partial charge is 0.141 e. The zero-order valence-corrected chi connectivity index (χ0v) is 10.8. The SMILES string of the molecule is O=S1C2CCCC1CC(O)(c1ccc(F)cn1)C2. The molecule has 5 heteroatoms. The molecule has 0 aliphatic carbocycles. The molecule has 2 unspecified atom stereocenters. The third-order valence-corrected chi connectivity index (χ3v) is 6.16. The summed E-state index contributed by atoms with van der Waals surface area (Å²) < 4.78 is 25.0. The van der Waals surface area contributed by atoms with Crippen molar-refractivity contribution in [3.8, 4) is 0 Å². The van der Waals surface area contributed by atoms with Gasteiger partial charge in [-0.3, -0.25) is 9.19 Å². The Balaban J connectivity index is 1.91. The highest BCUT2D eigenvalue weighted by atomic mass is 32.2. The highest BCUT2D eigenvalue weighted by molar-refractivity contribution is 7.86. The Bertz CT molecular complexity index is 460. The van der Waals surface area contributed by atoms with Crippen molar-refractivity contribution in [3.05, 3.63) is 29.8 Å². The number of pyridine rings is 1. The lowest BCUT2D eigenvalue weighted by Gasteiger charge is -2.43. The van der Waals surface area contributed by atoms with Gasteiger partial charge < -0.3 is 5.11 Å². The molecule has 3 nitrogen and oxygen atoms in total. The van der Waals surface area contributed by atoms with Gasteiger partial charge in [0.25, 0.3) is 0 Å². The van der Waals surface area contributed by atoms with E-state index in [-0.39, 0.29) is 10.5 Å². The molecule has 2 saturated heterocycles. The lowest BCUT2D eigenvalue weighted by atomic mass is 9.83. The largest absolute Gasteiger partial charge is 0.383 e. The van der Waals surface area contributed by atoms with Crippen LogP contribution < -0.4 is 0 Å². The van der Waals surface area contributed by atoms with Crippen molar-refractivity contribution in [2.24, 2.45) is 0 Å². The van der Waals surface area contributed by atoms with Crippen LogP contribution in [0.2, 0.25) is 0 Å². The van der Waals surface area contributed by atoms with Gasteiger partial charge in [0, 0.05) is 21.3 Å². The number of aromatic nitrogens is 1. The molecule has 1 aromatic rings. The lowest BCUT2D eigenvalue weighted by molar-refractivity contribution is 0.00240. The fourth-order valence-electron chi connectivity index (χ4n) is 3.14. The van der Waals surface area contributed by atoms with Crippen molar-refractivity contribution in [1.29, 1.82) is 0 Å². The molecule has 1 N–H and O–H groups in total. The number of hydrogen-bond donors (Lipinski definition) is 1. The number of hydrogen-bond acceptors (Lipinski definition) is 3. The van der Waals surface area contributed by atoms with Gasteiger partial charge in [-0.05, 0) is 37.8 Å². The summed E-state index contributed by atoms with van der Waals surface area (Å²) >= 11 is 0. The standard InChI is InChI=1S/C13H16FNO2S/c14-9-4-5-12(15-8-9)13(16)6-10-2-1-3-11(7-13)18(10)17/h4-5,8,10-11,16H,1-3,6-7H2. The van der Waals surface area contributed by atoms with Gasteiger partial charge in [0.1, 0.15) is 11.4 Å². The maximum atomic E-state index is 12.9. The average Bonchev–Trinajstić information content (AvgIpc) is 2.32. The summed E-state index contributed by atoms with van der Waals surface area (Å²) in [6.45, 7) is 0. The van der Waals surface area contributed by atoms with E-state index in [1.165, 1.54) is 6.07 Å². The summed E-state index contributed by atoms with van der Waals surface area (Å²) in [7, 11) is -0.823. The van der Waals surface area contributed by atoms with Crippen LogP contribution in [-0.2, 0) is 16.4 Å². The summed E-state index contributed by atoms with van der Waals surface area (Å²) in [5.74, 6) is -0.401. The van der Waals surface area contributed by atoms with E-state index in [9.17, 15) is 13.7 Å². The maximum Gasteiger partial charge on any atom is 0.141 e. The molecule has 18 heavy (non-hydrogen) atoms. The Labute approximate surface area is 108 Å². The molecule has 3 heterocycles. The van der Waals surface area contributed by atoms with E-state index in [0.29, 0.717) is 18.5 Å². The maximum absolute atomic E-state index is 12.9. The van der Waals surface area contributed by atoms with E-state index in [2.05, 4.69) is 4.98 Å². The Morgan fingerprint density at radius 2 is 2.00 bits per heavy atom. The first kappa shape index (κ1) is 12.2. The number of aliphatic hydroxyl groups is 1. The highest BCUT2D eigenvalue weighted by Crippen LogP contribution is 2.43. The fourth-order valence-corrected chi connectivity index (χ4v) is 5.37. The van der Waals surface area contributed by atoms with E-state index in [1.807, 2.05) is 0 Å². The van der Waals surface area contributed by atoms with E-state index in [0.717, 1.165) is 25.5 Å². The number of rotatable bonds is 1. The minimum absolute atomic E-state index is 0.0642. The quantitative estimate of drug-likeness (QED) is 0.846. The highest BCUT2D eigenvalue weighted by Gasteiger charge is 2.47. The first-order valence-electron chi connectivity index (χ1n) is 6.32. The normalized spacial score (nSPS) is 39.6. The zero-order chi connectivity index (χ0) is 12.8. The summed E-state index contributed by atoms with van der Waals surface area (Å²) in [6, 6.07) is 2.86. The van der Waals surface area contributed by atoms with Crippen LogP contribution in [0.4, 0.5) is 4.39 Å². The van der Waals surface area contributed by atoms with Crippen LogP contribution in [0.1, 0.15) is 37.8 Å². The molecule has 1 aromatic heterocycles. The Hall–Kier alpha value is -0.810. The van der Waals surface area contributed by atoms with Gasteiger partial charge in [0.2, 0.25) is 0 Å².